The molecule has 0 N–H and O–H groups in total. The molecule has 0 aliphatic carbocycles. The van der Waals surface area contributed by atoms with Crippen molar-refractivity contribution in [2.24, 2.45) is 5.41 Å². The molecule has 5 heteroatoms. The number of halogens is 1. The first kappa shape index (κ1) is 22.1. The van der Waals surface area contributed by atoms with Crippen molar-refractivity contribution in [3.8, 4) is 0 Å². The van der Waals surface area contributed by atoms with Crippen LogP contribution in [0.25, 0.3) is 0 Å². The van der Waals surface area contributed by atoms with Crippen LogP contribution in [0.5, 0.6) is 0 Å². The van der Waals surface area contributed by atoms with E-state index in [1.807, 2.05) is 19.1 Å². The van der Waals surface area contributed by atoms with Crippen LogP contribution in [0.1, 0.15) is 65.8 Å². The summed E-state index contributed by atoms with van der Waals surface area (Å²) in [7, 11) is 4.50. The first-order valence-corrected chi connectivity index (χ1v) is 11.0. The molecule has 0 aromatic heterocycles. The molecule has 27 heavy (non-hydrogen) atoms. The number of aryl methyl sites for hydroxylation is 1. The number of rotatable bonds is 10. The Morgan fingerprint density at radius 2 is 1.63 bits per heavy atom. The largest absolute Gasteiger partial charge is 0.328 e. The summed E-state index contributed by atoms with van der Waals surface area (Å²) in [5.41, 5.74) is 1.97. The van der Waals surface area contributed by atoms with Crippen LogP contribution in [-0.2, 0) is 0 Å². The maximum atomic E-state index is 12.8. The lowest BCUT2D eigenvalue weighted by Gasteiger charge is -2.39. The van der Waals surface area contributed by atoms with Crippen LogP contribution in [-0.4, -0.2) is 60.3 Å². The highest BCUT2D eigenvalue weighted by molar-refractivity contribution is 9.09. The molecule has 0 unspecified atom stereocenters. The molecule has 1 aliphatic rings. The second kappa shape index (κ2) is 8.87. The Balaban J connectivity index is 1.97. The standard InChI is InChI=1S/C22H34BrN2O2/c1-17-10-11-18-19(14-17)21(27)24(20(18)26)15-22(2,3)16-25(4,5)13-9-7-6-8-12-23/h10-11,14H,6-9,12-13,15-16H2,1-5H3/q+1. The van der Waals surface area contributed by atoms with Crippen molar-refractivity contribution >= 4 is 27.7 Å². The number of imide groups is 1. The Bertz CT molecular complexity index is 698. The third-order valence-corrected chi connectivity index (χ3v) is 5.78. The molecule has 0 atom stereocenters. The van der Waals surface area contributed by atoms with Crippen molar-refractivity contribution in [3.63, 3.8) is 0 Å². The van der Waals surface area contributed by atoms with Crippen molar-refractivity contribution < 1.29 is 14.1 Å². The zero-order valence-electron chi connectivity index (χ0n) is 17.5. The summed E-state index contributed by atoms with van der Waals surface area (Å²) >= 11 is 3.48. The van der Waals surface area contributed by atoms with Crippen molar-refractivity contribution in [2.75, 3.05) is 39.1 Å². The van der Waals surface area contributed by atoms with Crippen molar-refractivity contribution in [1.82, 2.24) is 4.90 Å². The van der Waals surface area contributed by atoms with Crippen LogP contribution < -0.4 is 0 Å². The summed E-state index contributed by atoms with van der Waals surface area (Å²) < 4.78 is 0.906. The van der Waals surface area contributed by atoms with Gasteiger partial charge in [0.15, 0.2) is 0 Å². The van der Waals surface area contributed by atoms with E-state index in [0.29, 0.717) is 17.7 Å². The highest BCUT2D eigenvalue weighted by atomic mass is 79.9. The van der Waals surface area contributed by atoms with Gasteiger partial charge < -0.3 is 4.48 Å². The fourth-order valence-electron chi connectivity index (χ4n) is 4.25. The molecule has 150 valence electrons. The van der Waals surface area contributed by atoms with Crippen LogP contribution in [0.4, 0.5) is 0 Å². The molecule has 0 fully saturated rings. The molecule has 2 amide bonds. The van der Waals surface area contributed by atoms with Gasteiger partial charge >= 0.3 is 0 Å². The average Bonchev–Trinajstić information content (AvgIpc) is 2.78. The summed E-state index contributed by atoms with van der Waals surface area (Å²) in [6.07, 6.45) is 4.97. The van der Waals surface area contributed by atoms with Gasteiger partial charge in [0.1, 0.15) is 0 Å². The number of amides is 2. The molecule has 0 saturated carbocycles. The first-order valence-electron chi connectivity index (χ1n) is 9.91. The topological polar surface area (TPSA) is 37.4 Å². The number of nitrogens with zero attached hydrogens (tertiary/aromatic N) is 2. The minimum atomic E-state index is -0.150. The van der Waals surface area contributed by atoms with Crippen LogP contribution >= 0.6 is 15.9 Å². The fourth-order valence-corrected chi connectivity index (χ4v) is 4.65. The van der Waals surface area contributed by atoms with E-state index in [0.717, 1.165) is 28.5 Å². The van der Waals surface area contributed by atoms with Gasteiger partial charge in [0, 0.05) is 17.3 Å². The average molecular weight is 438 g/mol. The lowest BCUT2D eigenvalue weighted by Crippen LogP contribution is -2.51. The van der Waals surface area contributed by atoms with Crippen LogP contribution in [0.15, 0.2) is 18.2 Å². The third-order valence-electron chi connectivity index (χ3n) is 5.22. The van der Waals surface area contributed by atoms with E-state index in [1.54, 1.807) is 6.07 Å². The Hall–Kier alpha value is -1.20. The van der Waals surface area contributed by atoms with Gasteiger partial charge in [-0.15, -0.1) is 0 Å². The summed E-state index contributed by atoms with van der Waals surface area (Å²) in [4.78, 5) is 26.9. The zero-order valence-corrected chi connectivity index (χ0v) is 19.1. The van der Waals surface area contributed by atoms with Crippen molar-refractivity contribution in [3.05, 3.63) is 34.9 Å². The molecule has 4 nitrogen and oxygen atoms in total. The normalized spacial score (nSPS) is 14.8. The van der Waals surface area contributed by atoms with E-state index in [9.17, 15) is 9.59 Å². The van der Waals surface area contributed by atoms with E-state index in [-0.39, 0.29) is 17.2 Å². The van der Waals surface area contributed by atoms with Gasteiger partial charge in [-0.1, -0.05) is 47.8 Å². The summed E-state index contributed by atoms with van der Waals surface area (Å²) in [6.45, 7) is 8.77. The van der Waals surface area contributed by atoms with E-state index < -0.39 is 0 Å². The molecule has 1 aliphatic heterocycles. The van der Waals surface area contributed by atoms with Gasteiger partial charge in [-0.05, 0) is 38.3 Å². The first-order chi connectivity index (χ1) is 12.6. The van der Waals surface area contributed by atoms with Gasteiger partial charge in [0.05, 0.1) is 38.3 Å². The number of quaternary nitrogens is 1. The summed E-state index contributed by atoms with van der Waals surface area (Å²) in [5.74, 6) is -0.296. The summed E-state index contributed by atoms with van der Waals surface area (Å²) in [5, 5.41) is 1.08. The third kappa shape index (κ3) is 5.89. The quantitative estimate of drug-likeness (QED) is 0.231. The number of alkyl halides is 1. The van der Waals surface area contributed by atoms with E-state index >= 15 is 0 Å². The predicted molar refractivity (Wildman–Crippen MR) is 114 cm³/mol. The van der Waals surface area contributed by atoms with Gasteiger partial charge in [-0.25, -0.2) is 0 Å². The van der Waals surface area contributed by atoms with E-state index in [2.05, 4.69) is 43.9 Å². The number of hydrogen-bond donors (Lipinski definition) is 0. The Morgan fingerprint density at radius 1 is 1.00 bits per heavy atom. The second-order valence-electron chi connectivity index (χ2n) is 9.33. The lowest BCUT2D eigenvalue weighted by molar-refractivity contribution is -0.896. The monoisotopic (exact) mass is 437 g/mol. The number of unbranched alkanes of at least 4 members (excludes halogenated alkanes) is 3. The van der Waals surface area contributed by atoms with Crippen LogP contribution in [0.3, 0.4) is 0 Å². The molecule has 0 bridgehead atoms. The smallest absolute Gasteiger partial charge is 0.261 e. The molecular weight excluding hydrogens is 404 g/mol. The molecule has 1 aromatic rings. The minimum absolute atomic E-state index is 0.137. The maximum absolute atomic E-state index is 12.8. The molecule has 2 rings (SSSR count). The fraction of sp³-hybridized carbons (Fsp3) is 0.636. The van der Waals surface area contributed by atoms with E-state index in [4.69, 9.17) is 0 Å². The highest BCUT2D eigenvalue weighted by Gasteiger charge is 2.40. The molecule has 0 saturated heterocycles. The number of fused-ring (bicyclic) bond motifs is 1. The van der Waals surface area contributed by atoms with Gasteiger partial charge in [-0.3, -0.25) is 14.5 Å². The number of carbonyl (C=O) groups excluding carboxylic acids is 2. The number of benzene rings is 1. The SMILES string of the molecule is Cc1ccc2c(c1)C(=O)N(CC(C)(C)C[N+](C)(C)CCCCCCBr)C2=O. The zero-order chi connectivity index (χ0) is 20.2. The molecule has 1 aromatic carbocycles. The van der Waals surface area contributed by atoms with Gasteiger partial charge in [0.25, 0.3) is 11.8 Å². The van der Waals surface area contributed by atoms with Gasteiger partial charge in [0.2, 0.25) is 0 Å². The van der Waals surface area contributed by atoms with Crippen molar-refractivity contribution in [1.29, 1.82) is 0 Å². The minimum Gasteiger partial charge on any atom is -0.328 e. The van der Waals surface area contributed by atoms with Gasteiger partial charge in [-0.2, -0.15) is 0 Å². The molecular formula is C22H34BrN2O2+. The number of carbonyl (C=O) groups is 2. The highest BCUT2D eigenvalue weighted by Crippen LogP contribution is 2.29. The summed E-state index contributed by atoms with van der Waals surface area (Å²) in [6, 6.07) is 5.51. The van der Waals surface area contributed by atoms with Crippen LogP contribution in [0.2, 0.25) is 0 Å². The molecule has 0 spiro atoms. The maximum Gasteiger partial charge on any atom is 0.261 e. The molecule has 0 radical (unpaired) electrons. The van der Waals surface area contributed by atoms with Crippen LogP contribution in [0, 0.1) is 12.3 Å². The Kier molecular flexibility index (Phi) is 7.26. The van der Waals surface area contributed by atoms with E-state index in [1.165, 1.54) is 30.6 Å². The number of hydrogen-bond acceptors (Lipinski definition) is 2. The predicted octanol–water partition coefficient (Wildman–Crippen LogP) is 4.65. The lowest BCUT2D eigenvalue weighted by atomic mass is 9.91. The molecule has 1 heterocycles. The second-order valence-corrected chi connectivity index (χ2v) is 10.1. The van der Waals surface area contributed by atoms with Crippen molar-refractivity contribution in [2.45, 2.75) is 46.5 Å². The Morgan fingerprint density at radius 3 is 2.30 bits per heavy atom. The Labute approximate surface area is 172 Å².